The van der Waals surface area contributed by atoms with Gasteiger partial charge in [0, 0.05) is 32.7 Å². The van der Waals surface area contributed by atoms with E-state index in [1.807, 2.05) is 25.7 Å². The number of aromatic nitrogens is 3. The molecule has 1 N–H and O–H groups in total. The van der Waals surface area contributed by atoms with Gasteiger partial charge in [0.15, 0.2) is 5.82 Å². The van der Waals surface area contributed by atoms with Crippen molar-refractivity contribution in [3.8, 4) is 17.0 Å². The number of aromatic hydroxyl groups is 1. The number of carbonyl (C=O) groups excluding carboxylic acids is 2. The molecule has 226 valence electrons. The summed E-state index contributed by atoms with van der Waals surface area (Å²) in [5, 5.41) is 10.6. The molecule has 2 aromatic heterocycles. The number of phenols is 1. The van der Waals surface area contributed by atoms with Gasteiger partial charge in [-0.05, 0) is 51.0 Å². The zero-order chi connectivity index (χ0) is 31.6. The lowest BCUT2D eigenvalue weighted by atomic mass is 10.0. The van der Waals surface area contributed by atoms with Gasteiger partial charge in [-0.15, -0.1) is 0 Å². The van der Waals surface area contributed by atoms with Gasteiger partial charge < -0.3 is 14.9 Å². The first-order chi connectivity index (χ1) is 20.4. The maximum atomic E-state index is 15.1. The van der Waals surface area contributed by atoms with Crippen molar-refractivity contribution in [2.24, 2.45) is 4.99 Å². The van der Waals surface area contributed by atoms with E-state index in [9.17, 15) is 14.7 Å². The maximum Gasteiger partial charge on any atom is 0.246 e. The summed E-state index contributed by atoms with van der Waals surface area (Å²) < 4.78 is 15.1. The molecule has 1 aliphatic heterocycles. The van der Waals surface area contributed by atoms with Crippen molar-refractivity contribution in [2.45, 2.75) is 46.6 Å². The molecule has 4 rings (SSSR count). The fourth-order valence-electron chi connectivity index (χ4n) is 5.40. The Labute approximate surface area is 255 Å². The normalized spacial score (nSPS) is 15.6. The Morgan fingerprint density at radius 1 is 1.26 bits per heavy atom. The van der Waals surface area contributed by atoms with Crippen molar-refractivity contribution < 1.29 is 19.1 Å². The second-order valence-corrected chi connectivity index (χ2v) is 11.0. The Bertz CT molecular complexity index is 1590. The first-order valence-corrected chi connectivity index (χ1v) is 14.2. The van der Waals surface area contributed by atoms with E-state index in [0.29, 0.717) is 60.3 Å². The molecular weight excluding hydrogens is 573 g/mol. The van der Waals surface area contributed by atoms with E-state index < -0.39 is 5.82 Å². The summed E-state index contributed by atoms with van der Waals surface area (Å²) in [6, 6.07) is 5.30. The van der Waals surface area contributed by atoms with Crippen molar-refractivity contribution in [3.05, 3.63) is 70.5 Å². The van der Waals surface area contributed by atoms with Crippen LogP contribution in [-0.4, -0.2) is 80.7 Å². The molecule has 1 fully saturated rings. The van der Waals surface area contributed by atoms with Crippen LogP contribution in [0.4, 0.5) is 15.9 Å². The molecule has 10 nitrogen and oxygen atoms in total. The van der Waals surface area contributed by atoms with Gasteiger partial charge >= 0.3 is 0 Å². The first-order valence-electron chi connectivity index (χ1n) is 13.9. The summed E-state index contributed by atoms with van der Waals surface area (Å²) >= 11 is 6.76. The van der Waals surface area contributed by atoms with Crippen molar-refractivity contribution in [3.63, 3.8) is 0 Å². The fraction of sp³-hybridized carbons (Fsp3) is 0.355. The number of anilines is 2. The second-order valence-electron chi connectivity index (χ2n) is 10.6. The summed E-state index contributed by atoms with van der Waals surface area (Å²) in [7, 11) is 1.61. The molecule has 43 heavy (non-hydrogen) atoms. The minimum atomic E-state index is -0.732. The van der Waals surface area contributed by atoms with Gasteiger partial charge in [0.2, 0.25) is 12.3 Å². The van der Waals surface area contributed by atoms with E-state index in [4.69, 9.17) is 16.6 Å². The van der Waals surface area contributed by atoms with Crippen LogP contribution in [0.25, 0.3) is 11.3 Å². The Morgan fingerprint density at radius 3 is 2.56 bits per heavy atom. The highest BCUT2D eigenvalue weighted by Crippen LogP contribution is 2.41. The Morgan fingerprint density at radius 2 is 1.98 bits per heavy atom. The number of nitrogens with zero attached hydrogens (tertiary/aromatic N) is 7. The number of aryl methyl sites for hydroxylation is 2. The van der Waals surface area contributed by atoms with E-state index in [1.165, 1.54) is 29.2 Å². The minimum Gasteiger partial charge on any atom is -0.507 e. The van der Waals surface area contributed by atoms with Gasteiger partial charge in [-0.1, -0.05) is 38.1 Å². The number of amides is 2. The van der Waals surface area contributed by atoms with E-state index in [-0.39, 0.29) is 45.7 Å². The second kappa shape index (κ2) is 12.9. The van der Waals surface area contributed by atoms with Crippen LogP contribution < -0.4 is 4.90 Å². The highest BCUT2D eigenvalue weighted by Gasteiger charge is 2.33. The van der Waals surface area contributed by atoms with Crippen molar-refractivity contribution >= 4 is 41.3 Å². The van der Waals surface area contributed by atoms with E-state index >= 15 is 4.39 Å². The number of amidine groups is 1. The van der Waals surface area contributed by atoms with Crippen LogP contribution in [0.1, 0.15) is 49.5 Å². The largest absolute Gasteiger partial charge is 0.507 e. The van der Waals surface area contributed by atoms with Crippen molar-refractivity contribution in [1.29, 1.82) is 0 Å². The van der Waals surface area contributed by atoms with Crippen LogP contribution in [0.3, 0.4) is 0 Å². The predicted octanol–water partition coefficient (Wildman–Crippen LogP) is 5.17. The number of phenolic OH excluding ortho intramolecular Hbond substituents is 1. The summed E-state index contributed by atoms with van der Waals surface area (Å²) in [4.78, 5) is 48.8. The molecular formula is C31H35ClFN7O3. The van der Waals surface area contributed by atoms with Gasteiger partial charge in [-0.25, -0.2) is 19.3 Å². The smallest absolute Gasteiger partial charge is 0.246 e. The topological polar surface area (TPSA) is 115 Å². The fourth-order valence-corrected chi connectivity index (χ4v) is 5.64. The molecule has 3 aromatic rings. The molecule has 1 aliphatic rings. The van der Waals surface area contributed by atoms with Gasteiger partial charge in [0.25, 0.3) is 0 Å². The van der Waals surface area contributed by atoms with Gasteiger partial charge in [0.1, 0.15) is 23.2 Å². The van der Waals surface area contributed by atoms with E-state index in [2.05, 4.69) is 21.5 Å². The molecule has 0 saturated carbocycles. The average molecular weight is 608 g/mol. The van der Waals surface area contributed by atoms with Crippen molar-refractivity contribution in [2.75, 3.05) is 31.6 Å². The molecule has 0 aliphatic carbocycles. The summed E-state index contributed by atoms with van der Waals surface area (Å²) in [6.45, 7) is 14.3. The molecule has 1 aromatic carbocycles. The standard InChI is InChI=1S/C31H35ClFN7O3/c1-8-25(43)38-12-13-39(18(4)15-38)30(34-7)21-14-22(32)28(26-23(33)10-9-11-24(26)42)37-31(21)40(16-41)29-19(5)35-20(6)36-27(29)17(2)3/h8-11,14,16-18,42H,1,12-13,15H2,2-7H3. The van der Waals surface area contributed by atoms with E-state index in [0.717, 1.165) is 0 Å². The lowest BCUT2D eigenvalue weighted by Gasteiger charge is -2.41. The molecule has 12 heteroatoms. The number of hydrogen-bond acceptors (Lipinski definition) is 7. The predicted molar refractivity (Wildman–Crippen MR) is 166 cm³/mol. The van der Waals surface area contributed by atoms with Crippen LogP contribution in [0.2, 0.25) is 5.02 Å². The first kappa shape index (κ1) is 31.6. The molecule has 3 heterocycles. The molecule has 0 spiro atoms. The van der Waals surface area contributed by atoms with Crippen molar-refractivity contribution in [1.82, 2.24) is 24.8 Å². The summed E-state index contributed by atoms with van der Waals surface area (Å²) in [5.41, 5.74) is 1.73. The number of pyridine rings is 1. The quantitative estimate of drug-likeness (QED) is 0.171. The Hall–Kier alpha value is -4.38. The number of carbonyl (C=O) groups is 2. The molecule has 0 radical (unpaired) electrons. The summed E-state index contributed by atoms with van der Waals surface area (Å²) in [6.07, 6.45) is 1.89. The molecule has 1 unspecified atom stereocenters. The van der Waals surface area contributed by atoms with Crippen LogP contribution in [0, 0.1) is 19.7 Å². The summed E-state index contributed by atoms with van der Waals surface area (Å²) in [5.74, 6) is -0.215. The SMILES string of the molecule is C=CC(=O)N1CCN(C(=NC)c2cc(Cl)c(-c3c(O)cccc3F)nc2N(C=O)c2c(C)nc(C)nc2C(C)C)C(C)C1. The maximum absolute atomic E-state index is 15.1. The Kier molecular flexibility index (Phi) is 9.44. The van der Waals surface area contributed by atoms with Crippen LogP contribution in [0.15, 0.2) is 41.9 Å². The third kappa shape index (κ3) is 6.08. The highest BCUT2D eigenvalue weighted by molar-refractivity contribution is 6.33. The van der Waals surface area contributed by atoms with Crippen LogP contribution >= 0.6 is 11.6 Å². The minimum absolute atomic E-state index is 0.0419. The number of hydrogen-bond donors (Lipinski definition) is 1. The molecule has 1 saturated heterocycles. The average Bonchev–Trinajstić information content (AvgIpc) is 2.96. The van der Waals surface area contributed by atoms with E-state index in [1.54, 1.807) is 31.9 Å². The highest BCUT2D eigenvalue weighted by atomic mass is 35.5. The third-order valence-corrected chi connectivity index (χ3v) is 7.63. The third-order valence-electron chi connectivity index (χ3n) is 7.34. The lowest BCUT2D eigenvalue weighted by Crippen LogP contribution is -2.55. The monoisotopic (exact) mass is 607 g/mol. The van der Waals surface area contributed by atoms with Gasteiger partial charge in [-0.2, -0.15) is 0 Å². The van der Waals surface area contributed by atoms with Crippen LogP contribution in [-0.2, 0) is 9.59 Å². The van der Waals surface area contributed by atoms with Gasteiger partial charge in [-0.3, -0.25) is 19.5 Å². The number of benzene rings is 1. The molecule has 0 bridgehead atoms. The number of halogens is 2. The zero-order valence-electron chi connectivity index (χ0n) is 25.1. The Balaban J connectivity index is 1.99. The lowest BCUT2D eigenvalue weighted by molar-refractivity contribution is -0.128. The van der Waals surface area contributed by atoms with Crippen LogP contribution in [0.5, 0.6) is 5.75 Å². The number of aliphatic imine (C=N–C) groups is 1. The zero-order valence-corrected chi connectivity index (χ0v) is 25.9. The number of piperazine rings is 1. The molecule has 1 atom stereocenters. The molecule has 2 amide bonds. The number of rotatable bonds is 7. The van der Waals surface area contributed by atoms with Gasteiger partial charge in [0.05, 0.1) is 38.9 Å².